The van der Waals surface area contributed by atoms with Crippen molar-refractivity contribution in [2.24, 2.45) is 0 Å². The molecule has 4 nitrogen and oxygen atoms in total. The van der Waals surface area contributed by atoms with Crippen LogP contribution in [0.5, 0.6) is 5.75 Å². The molecule has 0 bridgehead atoms. The molecule has 1 atom stereocenters. The summed E-state index contributed by atoms with van der Waals surface area (Å²) >= 11 is 6.45. The average Bonchev–Trinajstić information content (AvgIpc) is 2.69. The molecule has 2 aromatic carbocycles. The number of nitrogens with one attached hydrogen (secondary N) is 1. The van der Waals surface area contributed by atoms with E-state index in [9.17, 15) is 4.79 Å². The van der Waals surface area contributed by atoms with Crippen molar-refractivity contribution >= 4 is 17.5 Å². The van der Waals surface area contributed by atoms with Gasteiger partial charge in [-0.2, -0.15) is 0 Å². The van der Waals surface area contributed by atoms with Crippen LogP contribution in [0.4, 0.5) is 0 Å². The van der Waals surface area contributed by atoms with Gasteiger partial charge in [0.2, 0.25) is 0 Å². The molecule has 0 saturated carbocycles. The molecule has 144 valence electrons. The normalized spacial score (nSPS) is 15.9. The zero-order chi connectivity index (χ0) is 19.1. The number of likely N-dealkylation sites (tertiary alicyclic amines) is 1. The number of hydrogen-bond acceptors (Lipinski definition) is 3. The van der Waals surface area contributed by atoms with Gasteiger partial charge in [0, 0.05) is 11.6 Å². The SMILES string of the molecule is Cc1ccccc1OCC(=O)NC[C@H](c1ccccc1Cl)N1CCCCC1. The van der Waals surface area contributed by atoms with Gasteiger partial charge in [-0.05, 0) is 56.1 Å². The Bertz CT molecular complexity index is 759. The molecule has 1 aliphatic rings. The molecule has 2 aromatic rings. The molecule has 1 amide bonds. The minimum Gasteiger partial charge on any atom is -0.484 e. The molecule has 0 unspecified atom stereocenters. The molecule has 1 fully saturated rings. The van der Waals surface area contributed by atoms with Crippen LogP contribution in [0.15, 0.2) is 48.5 Å². The van der Waals surface area contributed by atoms with Gasteiger partial charge in [0.15, 0.2) is 6.61 Å². The fourth-order valence-electron chi connectivity index (χ4n) is 3.53. The molecule has 3 rings (SSSR count). The number of carbonyl (C=O) groups is 1. The minimum atomic E-state index is -0.118. The molecule has 0 radical (unpaired) electrons. The molecule has 1 aliphatic heterocycles. The van der Waals surface area contributed by atoms with E-state index in [1.54, 1.807) is 0 Å². The zero-order valence-corrected chi connectivity index (χ0v) is 16.5. The Labute approximate surface area is 166 Å². The Kier molecular flexibility index (Phi) is 7.13. The fraction of sp³-hybridized carbons (Fsp3) is 0.409. The first kappa shape index (κ1) is 19.7. The van der Waals surface area contributed by atoms with E-state index in [-0.39, 0.29) is 18.6 Å². The number of carbonyl (C=O) groups excluding carboxylic acids is 1. The van der Waals surface area contributed by atoms with Crippen molar-refractivity contribution in [3.8, 4) is 5.75 Å². The predicted molar refractivity (Wildman–Crippen MR) is 109 cm³/mol. The number of halogens is 1. The van der Waals surface area contributed by atoms with Crippen molar-refractivity contribution < 1.29 is 9.53 Å². The third-order valence-corrected chi connectivity index (χ3v) is 5.38. The zero-order valence-electron chi connectivity index (χ0n) is 15.8. The van der Waals surface area contributed by atoms with Gasteiger partial charge in [-0.3, -0.25) is 9.69 Å². The van der Waals surface area contributed by atoms with Crippen LogP contribution < -0.4 is 10.1 Å². The average molecular weight is 387 g/mol. The van der Waals surface area contributed by atoms with Crippen LogP contribution in [0.3, 0.4) is 0 Å². The number of aryl methyl sites for hydroxylation is 1. The van der Waals surface area contributed by atoms with Gasteiger partial charge in [0.25, 0.3) is 5.91 Å². The van der Waals surface area contributed by atoms with Crippen molar-refractivity contribution in [2.75, 3.05) is 26.2 Å². The molecular weight excluding hydrogens is 360 g/mol. The van der Waals surface area contributed by atoms with E-state index >= 15 is 0 Å². The lowest BCUT2D eigenvalue weighted by molar-refractivity contribution is -0.123. The number of para-hydroxylation sites is 1. The topological polar surface area (TPSA) is 41.6 Å². The summed E-state index contributed by atoms with van der Waals surface area (Å²) in [5.41, 5.74) is 2.09. The quantitative estimate of drug-likeness (QED) is 0.768. The van der Waals surface area contributed by atoms with E-state index < -0.39 is 0 Å². The summed E-state index contributed by atoms with van der Waals surface area (Å²) < 4.78 is 5.65. The number of rotatable bonds is 7. The summed E-state index contributed by atoms with van der Waals surface area (Å²) in [6, 6.07) is 15.7. The molecule has 0 spiro atoms. The Morgan fingerprint density at radius 2 is 1.81 bits per heavy atom. The third-order valence-electron chi connectivity index (χ3n) is 5.04. The van der Waals surface area contributed by atoms with E-state index in [2.05, 4.69) is 16.3 Å². The third kappa shape index (κ3) is 5.47. The molecule has 0 aliphatic carbocycles. The van der Waals surface area contributed by atoms with Gasteiger partial charge in [-0.15, -0.1) is 0 Å². The molecule has 1 saturated heterocycles. The number of benzene rings is 2. The lowest BCUT2D eigenvalue weighted by atomic mass is 10.0. The Hall–Kier alpha value is -2.04. The maximum atomic E-state index is 12.3. The molecule has 0 aromatic heterocycles. The van der Waals surface area contributed by atoms with Gasteiger partial charge in [0.1, 0.15) is 5.75 Å². The van der Waals surface area contributed by atoms with Gasteiger partial charge in [0.05, 0.1) is 6.04 Å². The summed E-state index contributed by atoms with van der Waals surface area (Å²) in [5.74, 6) is 0.624. The molecular formula is C22H27ClN2O2. The lowest BCUT2D eigenvalue weighted by Gasteiger charge is -2.35. The lowest BCUT2D eigenvalue weighted by Crippen LogP contribution is -2.41. The minimum absolute atomic E-state index is 0.0140. The van der Waals surface area contributed by atoms with E-state index in [0.717, 1.165) is 35.0 Å². The first-order valence-corrected chi connectivity index (χ1v) is 9.96. The highest BCUT2D eigenvalue weighted by Gasteiger charge is 2.24. The smallest absolute Gasteiger partial charge is 0.258 e. The van der Waals surface area contributed by atoms with E-state index in [4.69, 9.17) is 16.3 Å². The number of nitrogens with zero attached hydrogens (tertiary/aromatic N) is 1. The monoisotopic (exact) mass is 386 g/mol. The first-order chi connectivity index (χ1) is 13.1. The number of amides is 1. The van der Waals surface area contributed by atoms with Crippen molar-refractivity contribution in [3.63, 3.8) is 0 Å². The number of hydrogen-bond donors (Lipinski definition) is 1. The number of ether oxygens (including phenoxy) is 1. The Balaban J connectivity index is 1.61. The Morgan fingerprint density at radius 1 is 1.11 bits per heavy atom. The predicted octanol–water partition coefficient (Wildman–Crippen LogP) is 4.37. The van der Waals surface area contributed by atoms with Gasteiger partial charge >= 0.3 is 0 Å². The van der Waals surface area contributed by atoms with Crippen LogP contribution in [0.1, 0.15) is 36.4 Å². The van der Waals surface area contributed by atoms with Crippen molar-refractivity contribution in [3.05, 3.63) is 64.7 Å². The fourth-order valence-corrected chi connectivity index (χ4v) is 3.80. The van der Waals surface area contributed by atoms with Gasteiger partial charge in [-0.1, -0.05) is 54.4 Å². The van der Waals surface area contributed by atoms with Crippen LogP contribution >= 0.6 is 11.6 Å². The maximum absolute atomic E-state index is 12.3. The summed E-state index contributed by atoms with van der Waals surface area (Å²) in [4.78, 5) is 14.8. The molecule has 1 heterocycles. The largest absolute Gasteiger partial charge is 0.484 e. The van der Waals surface area contributed by atoms with E-state index in [0.29, 0.717) is 6.54 Å². The maximum Gasteiger partial charge on any atom is 0.258 e. The highest BCUT2D eigenvalue weighted by atomic mass is 35.5. The summed E-state index contributed by atoms with van der Waals surface area (Å²) in [5, 5.41) is 3.78. The van der Waals surface area contributed by atoms with Crippen LogP contribution in [-0.4, -0.2) is 37.0 Å². The van der Waals surface area contributed by atoms with Crippen LogP contribution in [-0.2, 0) is 4.79 Å². The van der Waals surface area contributed by atoms with Crippen molar-refractivity contribution in [1.29, 1.82) is 0 Å². The van der Waals surface area contributed by atoms with E-state index in [1.807, 2.05) is 49.4 Å². The molecule has 1 N–H and O–H groups in total. The summed E-state index contributed by atoms with van der Waals surface area (Å²) in [6.45, 7) is 4.58. The molecule has 27 heavy (non-hydrogen) atoms. The van der Waals surface area contributed by atoms with Crippen LogP contribution in [0, 0.1) is 6.92 Å². The number of piperidine rings is 1. The highest BCUT2D eigenvalue weighted by Crippen LogP contribution is 2.29. The van der Waals surface area contributed by atoms with Crippen molar-refractivity contribution in [1.82, 2.24) is 10.2 Å². The van der Waals surface area contributed by atoms with Crippen LogP contribution in [0.2, 0.25) is 5.02 Å². The second kappa shape index (κ2) is 9.77. The summed E-state index contributed by atoms with van der Waals surface area (Å²) in [7, 11) is 0. The standard InChI is InChI=1S/C22H27ClN2O2/c1-17-9-3-6-12-21(17)27-16-22(26)24-15-20(25-13-7-2-8-14-25)18-10-4-5-11-19(18)23/h3-6,9-12,20H,2,7-8,13-16H2,1H3,(H,24,26)/t20-/m1/s1. The Morgan fingerprint density at radius 3 is 2.56 bits per heavy atom. The second-order valence-corrected chi connectivity index (χ2v) is 7.40. The summed E-state index contributed by atoms with van der Waals surface area (Å²) in [6.07, 6.45) is 3.64. The van der Waals surface area contributed by atoms with Crippen LogP contribution in [0.25, 0.3) is 0 Å². The van der Waals surface area contributed by atoms with Gasteiger partial charge in [-0.25, -0.2) is 0 Å². The highest BCUT2D eigenvalue weighted by molar-refractivity contribution is 6.31. The second-order valence-electron chi connectivity index (χ2n) is 6.99. The first-order valence-electron chi connectivity index (χ1n) is 9.59. The molecule has 5 heteroatoms. The van der Waals surface area contributed by atoms with Gasteiger partial charge < -0.3 is 10.1 Å². The van der Waals surface area contributed by atoms with E-state index in [1.165, 1.54) is 19.3 Å². The van der Waals surface area contributed by atoms with Crippen molar-refractivity contribution in [2.45, 2.75) is 32.2 Å².